The van der Waals surface area contributed by atoms with Crippen molar-refractivity contribution in [3.05, 3.63) is 95.8 Å². The minimum atomic E-state index is -4.15. The Bertz CT molecular complexity index is 946. The first-order chi connectivity index (χ1) is 15.2. The Kier molecular flexibility index (Phi) is 9.21. The van der Waals surface area contributed by atoms with Gasteiger partial charge in [0.2, 0.25) is 0 Å². The van der Waals surface area contributed by atoms with Crippen molar-refractivity contribution in [1.29, 1.82) is 0 Å². The van der Waals surface area contributed by atoms with Crippen molar-refractivity contribution < 1.29 is 18.8 Å². The van der Waals surface area contributed by atoms with E-state index in [1.165, 1.54) is 4.67 Å². The van der Waals surface area contributed by atoms with E-state index in [9.17, 15) is 14.3 Å². The number of nitrogens with zero attached hydrogens (tertiary/aromatic N) is 1. The van der Waals surface area contributed by atoms with Crippen molar-refractivity contribution in [1.82, 2.24) is 4.67 Å². The summed E-state index contributed by atoms with van der Waals surface area (Å²) in [6, 6.07) is 18.9. The number of carbonyl (C=O) groups excluding carboxylic acids is 1. The molecule has 32 heavy (non-hydrogen) atoms. The molecule has 0 saturated carbocycles. The highest BCUT2D eigenvalue weighted by molar-refractivity contribution is 7.50. The molecule has 1 N–H and O–H groups in total. The zero-order valence-electron chi connectivity index (χ0n) is 19.6. The van der Waals surface area contributed by atoms with Crippen LogP contribution in [0.1, 0.15) is 51.7 Å². The lowest BCUT2D eigenvalue weighted by Crippen LogP contribution is -2.43. The van der Waals surface area contributed by atoms with E-state index in [4.69, 9.17) is 4.52 Å². The maximum atomic E-state index is 13.6. The number of hydrogen-bond donors (Lipinski definition) is 1. The molecule has 0 fully saturated rings. The van der Waals surface area contributed by atoms with Gasteiger partial charge in [0.25, 0.3) is 0 Å². The lowest BCUT2D eigenvalue weighted by molar-refractivity contribution is -0.123. The number of rotatable bonds is 11. The summed E-state index contributed by atoms with van der Waals surface area (Å²) in [7, 11) is -2.59. The van der Waals surface area contributed by atoms with Crippen LogP contribution in [0, 0.1) is 0 Å². The van der Waals surface area contributed by atoms with Crippen LogP contribution in [0.15, 0.2) is 84.7 Å². The van der Waals surface area contributed by atoms with Gasteiger partial charge in [-0.05, 0) is 57.5 Å². The number of allylic oxidation sites excluding steroid dienone is 3. The Balaban J connectivity index is 2.52. The van der Waals surface area contributed by atoms with E-state index in [0.29, 0.717) is 18.6 Å². The zero-order chi connectivity index (χ0) is 23.8. The van der Waals surface area contributed by atoms with Crippen LogP contribution in [0.2, 0.25) is 0 Å². The molecule has 0 aliphatic carbocycles. The van der Waals surface area contributed by atoms with Crippen LogP contribution < -0.4 is 0 Å². The zero-order valence-corrected chi connectivity index (χ0v) is 20.5. The van der Waals surface area contributed by atoms with E-state index in [-0.39, 0.29) is 5.78 Å². The Hall–Kier alpha value is -2.46. The van der Waals surface area contributed by atoms with Gasteiger partial charge in [-0.2, -0.15) is 4.67 Å². The monoisotopic (exact) mass is 455 g/mol. The summed E-state index contributed by atoms with van der Waals surface area (Å²) >= 11 is 0. The average Bonchev–Trinajstić information content (AvgIpc) is 2.82. The van der Waals surface area contributed by atoms with Crippen molar-refractivity contribution in [2.45, 2.75) is 52.0 Å². The Morgan fingerprint density at radius 1 is 1.09 bits per heavy atom. The summed E-state index contributed by atoms with van der Waals surface area (Å²) in [5, 5.41) is 0. The van der Waals surface area contributed by atoms with Crippen molar-refractivity contribution in [2.24, 2.45) is 0 Å². The van der Waals surface area contributed by atoms with Crippen molar-refractivity contribution >= 4 is 13.5 Å². The smallest absolute Gasteiger partial charge is 0.414 e. The van der Waals surface area contributed by atoms with E-state index < -0.39 is 19.2 Å². The van der Waals surface area contributed by atoms with Gasteiger partial charge in [-0.25, -0.2) is 4.57 Å². The maximum Gasteiger partial charge on any atom is 0.458 e. The summed E-state index contributed by atoms with van der Waals surface area (Å²) in [5.41, 5.74) is 0.794. The second-order valence-corrected chi connectivity index (χ2v) is 9.61. The van der Waals surface area contributed by atoms with Crippen LogP contribution in [0.25, 0.3) is 0 Å². The Morgan fingerprint density at radius 3 is 2.00 bits per heavy atom. The van der Waals surface area contributed by atoms with Crippen LogP contribution in [0.4, 0.5) is 0 Å². The van der Waals surface area contributed by atoms with Crippen LogP contribution in [-0.4, -0.2) is 28.4 Å². The molecule has 2 aromatic rings. The van der Waals surface area contributed by atoms with E-state index >= 15 is 0 Å². The number of Topliss-reactive ketones (excluding diaryl/α,β-unsaturated/α-hetero) is 1. The van der Waals surface area contributed by atoms with Crippen LogP contribution in [-0.2, 0) is 19.3 Å². The number of ketones is 1. The van der Waals surface area contributed by atoms with Crippen molar-refractivity contribution in [3.8, 4) is 0 Å². The number of benzene rings is 2. The molecule has 0 aliphatic heterocycles. The molecule has 0 radical (unpaired) electrons. The van der Waals surface area contributed by atoms with Crippen LogP contribution in [0.5, 0.6) is 0 Å². The van der Waals surface area contributed by atoms with Gasteiger partial charge in [0.15, 0.2) is 0 Å². The van der Waals surface area contributed by atoms with E-state index in [1.54, 1.807) is 32.2 Å². The molecular formula is C26H34NO4P. The maximum absolute atomic E-state index is 13.6. The minimum Gasteiger partial charge on any atom is -0.414 e. The van der Waals surface area contributed by atoms with E-state index in [0.717, 1.165) is 11.1 Å². The first kappa shape index (κ1) is 25.8. The molecule has 2 unspecified atom stereocenters. The Morgan fingerprint density at radius 2 is 1.59 bits per heavy atom. The van der Waals surface area contributed by atoms with Gasteiger partial charge in [0, 0.05) is 12.5 Å². The molecule has 2 atom stereocenters. The third kappa shape index (κ3) is 5.66. The first-order valence-electron chi connectivity index (χ1n) is 10.9. The van der Waals surface area contributed by atoms with Gasteiger partial charge < -0.3 is 9.42 Å². The van der Waals surface area contributed by atoms with Crippen molar-refractivity contribution in [2.75, 3.05) is 7.05 Å². The standard InChI is InChI=1S/C26H34NO4P/c1-6-15-24(7-2)31-32(29,30)27(5)21(4)20-26(25(28)8-3,22-16-11-9-12-17-22)23-18-13-10-14-19-23/h6-7,9-19,21H,8,20H2,1-5H3,(H,29,30)/b15-6-,24-7+. The minimum absolute atomic E-state index is 0.0619. The number of carbonyl (C=O) groups is 1. The largest absolute Gasteiger partial charge is 0.458 e. The molecule has 0 amide bonds. The second kappa shape index (κ2) is 11.4. The second-order valence-electron chi connectivity index (χ2n) is 7.81. The normalized spacial score (nSPS) is 15.5. The molecule has 0 heterocycles. The summed E-state index contributed by atoms with van der Waals surface area (Å²) in [5.74, 6) is 0.381. The summed E-state index contributed by atoms with van der Waals surface area (Å²) in [6.07, 6.45) is 5.69. The average molecular weight is 456 g/mol. The fourth-order valence-electron chi connectivity index (χ4n) is 3.95. The molecule has 6 heteroatoms. The number of hydrogen-bond acceptors (Lipinski definition) is 3. The third-order valence-corrected chi connectivity index (χ3v) is 7.45. The highest BCUT2D eigenvalue weighted by Crippen LogP contribution is 2.51. The van der Waals surface area contributed by atoms with Gasteiger partial charge in [-0.3, -0.25) is 4.79 Å². The first-order valence-corrected chi connectivity index (χ1v) is 12.4. The topological polar surface area (TPSA) is 66.8 Å². The highest BCUT2D eigenvalue weighted by atomic mass is 31.2. The molecule has 0 spiro atoms. The molecule has 172 valence electrons. The van der Waals surface area contributed by atoms with Crippen molar-refractivity contribution in [3.63, 3.8) is 0 Å². The highest BCUT2D eigenvalue weighted by Gasteiger charge is 2.44. The van der Waals surface area contributed by atoms with Gasteiger partial charge >= 0.3 is 7.75 Å². The lowest BCUT2D eigenvalue weighted by Gasteiger charge is -2.38. The molecule has 0 aromatic heterocycles. The third-order valence-electron chi connectivity index (χ3n) is 5.81. The predicted octanol–water partition coefficient (Wildman–Crippen LogP) is 6.26. The van der Waals surface area contributed by atoms with Gasteiger partial charge in [-0.15, -0.1) is 0 Å². The van der Waals surface area contributed by atoms with Gasteiger partial charge in [-0.1, -0.05) is 73.7 Å². The fourth-order valence-corrected chi connectivity index (χ4v) is 5.10. The lowest BCUT2D eigenvalue weighted by atomic mass is 9.67. The predicted molar refractivity (Wildman–Crippen MR) is 130 cm³/mol. The fraction of sp³-hybridized carbons (Fsp3) is 0.346. The van der Waals surface area contributed by atoms with Crippen LogP contribution in [0.3, 0.4) is 0 Å². The molecule has 0 aliphatic rings. The summed E-state index contributed by atoms with van der Waals surface area (Å²) < 4.78 is 19.9. The van der Waals surface area contributed by atoms with E-state index in [2.05, 4.69) is 0 Å². The summed E-state index contributed by atoms with van der Waals surface area (Å²) in [4.78, 5) is 24.3. The quantitative estimate of drug-likeness (QED) is 0.246. The molecular weight excluding hydrogens is 421 g/mol. The molecule has 0 bridgehead atoms. The van der Waals surface area contributed by atoms with Gasteiger partial charge in [0.05, 0.1) is 5.41 Å². The SMILES string of the molecule is C/C=C\C(=C/C)OP(=O)(O)N(C)C(C)CC(C(=O)CC)(c1ccccc1)c1ccccc1. The Labute approximate surface area is 192 Å². The molecule has 2 aromatic carbocycles. The molecule has 2 rings (SSSR count). The molecule has 0 saturated heterocycles. The van der Waals surface area contributed by atoms with Gasteiger partial charge in [0.1, 0.15) is 11.5 Å². The van der Waals surface area contributed by atoms with Crippen LogP contribution >= 0.6 is 7.75 Å². The van der Waals surface area contributed by atoms with E-state index in [1.807, 2.05) is 81.4 Å². The molecule has 5 nitrogen and oxygen atoms in total. The summed E-state index contributed by atoms with van der Waals surface area (Å²) in [6.45, 7) is 7.26.